The highest BCUT2D eigenvalue weighted by atomic mass is 16.2. The molecule has 0 spiro atoms. The molecule has 100 valence electrons. The molecule has 4 heteroatoms. The van der Waals surface area contributed by atoms with E-state index in [2.05, 4.69) is 4.90 Å². The van der Waals surface area contributed by atoms with Crippen molar-refractivity contribution in [2.24, 2.45) is 5.73 Å². The minimum atomic E-state index is 0.279. The van der Waals surface area contributed by atoms with Crippen LogP contribution in [0.2, 0.25) is 0 Å². The number of nitrogens with zero attached hydrogens (tertiary/aromatic N) is 2. The molecule has 1 rings (SSSR count). The van der Waals surface area contributed by atoms with Gasteiger partial charge in [-0.3, -0.25) is 4.79 Å². The molecule has 1 aliphatic rings. The lowest BCUT2D eigenvalue weighted by Gasteiger charge is -2.21. The molecule has 0 saturated carbocycles. The first-order chi connectivity index (χ1) is 8.24. The van der Waals surface area contributed by atoms with Gasteiger partial charge in [-0.15, -0.1) is 0 Å². The maximum Gasteiger partial charge on any atom is 0.222 e. The zero-order chi connectivity index (χ0) is 12.5. The fourth-order valence-electron chi connectivity index (χ4n) is 2.21. The van der Waals surface area contributed by atoms with Gasteiger partial charge < -0.3 is 15.5 Å². The van der Waals surface area contributed by atoms with Gasteiger partial charge in [0.1, 0.15) is 0 Å². The lowest BCUT2D eigenvalue weighted by molar-refractivity contribution is -0.130. The summed E-state index contributed by atoms with van der Waals surface area (Å²) < 4.78 is 0. The molecule has 1 aliphatic heterocycles. The van der Waals surface area contributed by atoms with Crippen LogP contribution in [0.5, 0.6) is 0 Å². The van der Waals surface area contributed by atoms with Gasteiger partial charge in [0.15, 0.2) is 0 Å². The van der Waals surface area contributed by atoms with Gasteiger partial charge in [-0.25, -0.2) is 0 Å². The number of amides is 1. The fraction of sp³-hybridized carbons (Fsp3) is 0.923. The Labute approximate surface area is 105 Å². The lowest BCUT2D eigenvalue weighted by atomic mass is 10.2. The number of hydrogen-bond donors (Lipinski definition) is 1. The molecule has 0 aromatic carbocycles. The third kappa shape index (κ3) is 6.03. The zero-order valence-corrected chi connectivity index (χ0v) is 11.2. The van der Waals surface area contributed by atoms with E-state index in [1.165, 1.54) is 25.9 Å². The number of carbonyl (C=O) groups is 1. The van der Waals surface area contributed by atoms with Crippen LogP contribution >= 0.6 is 0 Å². The number of unbranched alkanes of at least 4 members (excludes halogenated alkanes) is 2. The largest absolute Gasteiger partial charge is 0.344 e. The highest BCUT2D eigenvalue weighted by Gasteiger charge is 2.13. The second-order valence-electron chi connectivity index (χ2n) is 4.96. The molecule has 0 aromatic heterocycles. The Balaban J connectivity index is 2.04. The quantitative estimate of drug-likeness (QED) is 0.646. The van der Waals surface area contributed by atoms with Gasteiger partial charge in [-0.1, -0.05) is 6.42 Å². The van der Waals surface area contributed by atoms with Gasteiger partial charge in [-0.2, -0.15) is 0 Å². The van der Waals surface area contributed by atoms with E-state index in [0.29, 0.717) is 6.42 Å². The smallest absolute Gasteiger partial charge is 0.222 e. The van der Waals surface area contributed by atoms with Crippen LogP contribution in [0, 0.1) is 0 Å². The normalized spacial score (nSPS) is 16.4. The highest BCUT2D eigenvalue weighted by Crippen LogP contribution is 2.07. The summed E-state index contributed by atoms with van der Waals surface area (Å²) in [7, 11) is 1.92. The van der Waals surface area contributed by atoms with Crippen molar-refractivity contribution in [2.75, 3.05) is 39.8 Å². The molecule has 17 heavy (non-hydrogen) atoms. The zero-order valence-electron chi connectivity index (χ0n) is 11.2. The third-order valence-electron chi connectivity index (χ3n) is 3.47. The molecule has 0 bridgehead atoms. The van der Waals surface area contributed by atoms with Crippen LogP contribution in [0.25, 0.3) is 0 Å². The number of likely N-dealkylation sites (N-methyl/N-ethyl adjacent to an activating group) is 1. The lowest BCUT2D eigenvalue weighted by Crippen LogP contribution is -2.35. The molecule has 1 fully saturated rings. The summed E-state index contributed by atoms with van der Waals surface area (Å²) >= 11 is 0. The standard InChI is InChI=1S/C13H27N3O/c1-15(11-12-16-9-5-6-10-16)13(17)7-3-2-4-8-14/h2-12,14H2,1H3. The topological polar surface area (TPSA) is 49.6 Å². The first-order valence-electron chi connectivity index (χ1n) is 6.90. The second kappa shape index (κ2) is 8.48. The molecule has 1 amide bonds. The number of hydrogen-bond acceptors (Lipinski definition) is 3. The molecule has 4 nitrogen and oxygen atoms in total. The summed E-state index contributed by atoms with van der Waals surface area (Å²) in [6.45, 7) is 5.05. The van der Waals surface area contributed by atoms with Crippen LogP contribution < -0.4 is 5.73 Å². The number of rotatable bonds is 8. The molecule has 0 aromatic rings. The molecule has 0 radical (unpaired) electrons. The molecule has 0 atom stereocenters. The van der Waals surface area contributed by atoms with Crippen LogP contribution in [0.4, 0.5) is 0 Å². The van der Waals surface area contributed by atoms with E-state index < -0.39 is 0 Å². The molecular weight excluding hydrogens is 214 g/mol. The summed E-state index contributed by atoms with van der Waals surface area (Å²) in [5, 5.41) is 0. The predicted molar refractivity (Wildman–Crippen MR) is 70.8 cm³/mol. The van der Waals surface area contributed by atoms with E-state index in [-0.39, 0.29) is 5.91 Å². The molecular formula is C13H27N3O. The van der Waals surface area contributed by atoms with E-state index in [9.17, 15) is 4.79 Å². The van der Waals surface area contributed by atoms with Gasteiger partial charge in [-0.05, 0) is 45.3 Å². The van der Waals surface area contributed by atoms with Crippen LogP contribution in [0.15, 0.2) is 0 Å². The minimum absolute atomic E-state index is 0.279. The predicted octanol–water partition coefficient (Wildman–Crippen LogP) is 1.06. The Morgan fingerprint density at radius 1 is 1.24 bits per heavy atom. The first kappa shape index (κ1) is 14.5. The van der Waals surface area contributed by atoms with Crippen molar-refractivity contribution in [3.8, 4) is 0 Å². The molecule has 0 aliphatic carbocycles. The summed E-state index contributed by atoms with van der Waals surface area (Å²) in [6, 6.07) is 0. The van der Waals surface area contributed by atoms with Gasteiger partial charge in [0.2, 0.25) is 5.91 Å². The highest BCUT2D eigenvalue weighted by molar-refractivity contribution is 5.75. The SMILES string of the molecule is CN(CCN1CCCC1)C(=O)CCCCCN. The molecule has 2 N–H and O–H groups in total. The Morgan fingerprint density at radius 3 is 2.59 bits per heavy atom. The van der Waals surface area contributed by atoms with Crippen molar-refractivity contribution in [3.05, 3.63) is 0 Å². The monoisotopic (exact) mass is 241 g/mol. The van der Waals surface area contributed by atoms with Gasteiger partial charge in [0, 0.05) is 26.6 Å². The number of nitrogens with two attached hydrogens (primary N) is 1. The van der Waals surface area contributed by atoms with E-state index >= 15 is 0 Å². The van der Waals surface area contributed by atoms with Crippen molar-refractivity contribution in [1.29, 1.82) is 0 Å². The first-order valence-corrected chi connectivity index (χ1v) is 6.90. The van der Waals surface area contributed by atoms with Crippen molar-refractivity contribution in [3.63, 3.8) is 0 Å². The van der Waals surface area contributed by atoms with E-state index in [4.69, 9.17) is 5.73 Å². The Bertz CT molecular complexity index is 215. The van der Waals surface area contributed by atoms with Crippen molar-refractivity contribution in [1.82, 2.24) is 9.80 Å². The van der Waals surface area contributed by atoms with Gasteiger partial charge in [0.25, 0.3) is 0 Å². The minimum Gasteiger partial charge on any atom is -0.344 e. The summed E-state index contributed by atoms with van der Waals surface area (Å²) in [6.07, 6.45) is 6.39. The van der Waals surface area contributed by atoms with Gasteiger partial charge in [0.05, 0.1) is 0 Å². The molecule has 1 saturated heterocycles. The average Bonchev–Trinajstić information content (AvgIpc) is 2.84. The maximum absolute atomic E-state index is 11.8. The van der Waals surface area contributed by atoms with Crippen LogP contribution in [-0.2, 0) is 4.79 Å². The van der Waals surface area contributed by atoms with Crippen molar-refractivity contribution >= 4 is 5.91 Å². The summed E-state index contributed by atoms with van der Waals surface area (Å²) in [5.41, 5.74) is 5.42. The number of likely N-dealkylation sites (tertiary alicyclic amines) is 1. The average molecular weight is 241 g/mol. The van der Waals surface area contributed by atoms with E-state index in [1.54, 1.807) is 0 Å². The fourth-order valence-corrected chi connectivity index (χ4v) is 2.21. The summed E-state index contributed by atoms with van der Waals surface area (Å²) in [5.74, 6) is 0.279. The molecule has 1 heterocycles. The molecule has 0 unspecified atom stereocenters. The van der Waals surface area contributed by atoms with Crippen molar-refractivity contribution in [2.45, 2.75) is 38.5 Å². The van der Waals surface area contributed by atoms with Crippen LogP contribution in [-0.4, -0.2) is 55.5 Å². The van der Waals surface area contributed by atoms with Gasteiger partial charge >= 0.3 is 0 Å². The maximum atomic E-state index is 11.8. The third-order valence-corrected chi connectivity index (χ3v) is 3.47. The van der Waals surface area contributed by atoms with Crippen molar-refractivity contribution < 1.29 is 4.79 Å². The second-order valence-corrected chi connectivity index (χ2v) is 4.96. The van der Waals surface area contributed by atoms with Crippen LogP contribution in [0.1, 0.15) is 38.5 Å². The Kier molecular flexibility index (Phi) is 7.21. The Hall–Kier alpha value is -0.610. The Morgan fingerprint density at radius 2 is 1.94 bits per heavy atom. The summed E-state index contributed by atoms with van der Waals surface area (Å²) in [4.78, 5) is 16.1. The van der Waals surface area contributed by atoms with Crippen LogP contribution in [0.3, 0.4) is 0 Å². The van der Waals surface area contributed by atoms with E-state index in [0.717, 1.165) is 38.9 Å². The number of carbonyl (C=O) groups excluding carboxylic acids is 1. The van der Waals surface area contributed by atoms with E-state index in [1.807, 2.05) is 11.9 Å².